The molecule has 0 amide bonds. The van der Waals surface area contributed by atoms with Gasteiger partial charge in [0.2, 0.25) is 0 Å². The molecule has 0 bridgehead atoms. The maximum atomic E-state index is 11.1. The Labute approximate surface area is 194 Å². The van der Waals surface area contributed by atoms with Gasteiger partial charge >= 0.3 is 0 Å². The minimum Gasteiger partial charge on any atom is -0.316 e. The van der Waals surface area contributed by atoms with Gasteiger partial charge in [0.25, 0.3) is 5.69 Å². The van der Waals surface area contributed by atoms with Crippen LogP contribution in [0.3, 0.4) is 0 Å². The highest BCUT2D eigenvalue weighted by Crippen LogP contribution is 2.28. The summed E-state index contributed by atoms with van der Waals surface area (Å²) in [5.41, 5.74) is 4.41. The first-order valence-corrected chi connectivity index (χ1v) is 12.4. The molecule has 1 aromatic heterocycles. The van der Waals surface area contributed by atoms with Gasteiger partial charge in [-0.15, -0.1) is 11.3 Å². The highest BCUT2D eigenvalue weighted by molar-refractivity contribution is 7.07. The van der Waals surface area contributed by atoms with Gasteiger partial charge < -0.3 is 4.57 Å². The normalized spacial score (nSPS) is 13.0. The fraction of sp³-hybridized carbons (Fsp3) is 0.423. The van der Waals surface area contributed by atoms with Gasteiger partial charge in [0.1, 0.15) is 0 Å². The Kier molecular flexibility index (Phi) is 8.39. The molecule has 32 heavy (non-hydrogen) atoms. The van der Waals surface area contributed by atoms with Crippen LogP contribution in [0.2, 0.25) is 0 Å². The van der Waals surface area contributed by atoms with Gasteiger partial charge in [-0.1, -0.05) is 65.2 Å². The van der Waals surface area contributed by atoms with E-state index < -0.39 is 0 Å². The molecule has 0 N–H and O–H groups in total. The number of unbranched alkanes of at least 4 members (excludes halogenated alkanes) is 1. The SMILES string of the molecule is CCCCC(CC)Cn1c(-c2ccc([N+](=O)[O-])cc2)csc1=Nc1ccccc1C(C)C. The van der Waals surface area contributed by atoms with E-state index in [0.717, 1.165) is 34.7 Å². The number of benzene rings is 2. The third-order valence-electron chi connectivity index (χ3n) is 5.93. The first-order valence-electron chi connectivity index (χ1n) is 11.5. The number of nitrogens with zero attached hydrogens (tertiary/aromatic N) is 3. The van der Waals surface area contributed by atoms with Crippen molar-refractivity contribution in [2.24, 2.45) is 10.9 Å². The van der Waals surface area contributed by atoms with E-state index >= 15 is 0 Å². The number of nitro groups is 1. The molecular weight excluding hydrogens is 418 g/mol. The molecule has 0 aliphatic rings. The number of rotatable bonds is 10. The number of hydrogen-bond acceptors (Lipinski definition) is 4. The summed E-state index contributed by atoms with van der Waals surface area (Å²) in [5, 5.41) is 13.2. The zero-order valence-electron chi connectivity index (χ0n) is 19.5. The molecule has 0 fully saturated rings. The Bertz CT molecular complexity index is 1100. The highest BCUT2D eigenvalue weighted by Gasteiger charge is 2.15. The van der Waals surface area contributed by atoms with Crippen LogP contribution in [0.15, 0.2) is 58.9 Å². The Morgan fingerprint density at radius 1 is 1.09 bits per heavy atom. The van der Waals surface area contributed by atoms with Crippen molar-refractivity contribution in [3.8, 4) is 11.3 Å². The second kappa shape index (κ2) is 11.2. The van der Waals surface area contributed by atoms with Crippen LogP contribution in [-0.2, 0) is 6.54 Å². The van der Waals surface area contributed by atoms with Crippen LogP contribution in [0.1, 0.15) is 64.9 Å². The van der Waals surface area contributed by atoms with Crippen molar-refractivity contribution in [3.05, 3.63) is 74.4 Å². The van der Waals surface area contributed by atoms with Crippen molar-refractivity contribution < 1.29 is 4.92 Å². The van der Waals surface area contributed by atoms with E-state index in [4.69, 9.17) is 4.99 Å². The predicted molar refractivity (Wildman–Crippen MR) is 133 cm³/mol. The van der Waals surface area contributed by atoms with Crippen LogP contribution < -0.4 is 4.80 Å². The lowest BCUT2D eigenvalue weighted by atomic mass is 9.99. The second-order valence-electron chi connectivity index (χ2n) is 8.56. The van der Waals surface area contributed by atoms with Gasteiger partial charge in [0.15, 0.2) is 4.80 Å². The Hall–Kier alpha value is -2.73. The fourth-order valence-electron chi connectivity index (χ4n) is 3.94. The molecule has 0 spiro atoms. The van der Waals surface area contributed by atoms with Crippen LogP contribution in [0.5, 0.6) is 0 Å². The molecule has 0 radical (unpaired) electrons. The first-order chi connectivity index (χ1) is 15.4. The number of para-hydroxylation sites is 1. The minimum atomic E-state index is -0.354. The average molecular weight is 452 g/mol. The van der Waals surface area contributed by atoms with Crippen molar-refractivity contribution in [1.82, 2.24) is 4.57 Å². The number of non-ortho nitro benzene ring substituents is 1. The first kappa shape index (κ1) is 23.9. The maximum absolute atomic E-state index is 11.1. The van der Waals surface area contributed by atoms with Crippen LogP contribution >= 0.6 is 11.3 Å². The third-order valence-corrected chi connectivity index (χ3v) is 6.79. The van der Waals surface area contributed by atoms with Gasteiger partial charge in [-0.2, -0.15) is 0 Å². The lowest BCUT2D eigenvalue weighted by Gasteiger charge is -2.18. The van der Waals surface area contributed by atoms with Gasteiger partial charge in [-0.3, -0.25) is 10.1 Å². The Morgan fingerprint density at radius 2 is 1.81 bits per heavy atom. The Balaban J connectivity index is 2.11. The second-order valence-corrected chi connectivity index (χ2v) is 9.40. The van der Waals surface area contributed by atoms with E-state index in [1.54, 1.807) is 23.5 Å². The van der Waals surface area contributed by atoms with Crippen LogP contribution in [0.4, 0.5) is 11.4 Å². The number of nitro benzene ring substituents is 1. The summed E-state index contributed by atoms with van der Waals surface area (Å²) in [7, 11) is 0. The molecular formula is C26H33N3O2S. The lowest BCUT2D eigenvalue weighted by Crippen LogP contribution is -2.21. The van der Waals surface area contributed by atoms with Gasteiger partial charge in [-0.25, -0.2) is 4.99 Å². The van der Waals surface area contributed by atoms with Crippen molar-refractivity contribution in [3.63, 3.8) is 0 Å². The molecule has 1 unspecified atom stereocenters. The fourth-order valence-corrected chi connectivity index (χ4v) is 4.87. The summed E-state index contributed by atoms with van der Waals surface area (Å²) in [6.07, 6.45) is 4.72. The predicted octanol–water partition coefficient (Wildman–Crippen LogP) is 7.70. The molecule has 0 saturated heterocycles. The van der Waals surface area contributed by atoms with Crippen molar-refractivity contribution >= 4 is 22.7 Å². The summed E-state index contributed by atoms with van der Waals surface area (Å²) >= 11 is 1.64. The smallest absolute Gasteiger partial charge is 0.269 e. The summed E-state index contributed by atoms with van der Waals surface area (Å²) in [4.78, 5) is 16.8. The standard InChI is InChI=1S/C26H33N3O2S/c1-5-7-10-20(6-2)17-28-25(21-13-15-22(16-14-21)29(30)31)18-32-26(28)27-24-12-9-8-11-23(24)19(3)4/h8-9,11-16,18-20H,5-7,10,17H2,1-4H3. The molecule has 0 aliphatic heterocycles. The average Bonchev–Trinajstić information content (AvgIpc) is 3.18. The molecule has 2 aromatic carbocycles. The van der Waals surface area contributed by atoms with E-state index in [0.29, 0.717) is 11.8 Å². The minimum absolute atomic E-state index is 0.112. The van der Waals surface area contributed by atoms with Crippen LogP contribution in [-0.4, -0.2) is 9.49 Å². The Morgan fingerprint density at radius 3 is 2.44 bits per heavy atom. The largest absolute Gasteiger partial charge is 0.316 e. The van der Waals surface area contributed by atoms with Gasteiger partial charge in [-0.05, 0) is 47.6 Å². The molecule has 3 aromatic rings. The maximum Gasteiger partial charge on any atom is 0.269 e. The quantitative estimate of drug-likeness (QED) is 0.234. The van der Waals surface area contributed by atoms with Crippen molar-refractivity contribution in [2.75, 3.05) is 0 Å². The van der Waals surface area contributed by atoms with Crippen LogP contribution in [0, 0.1) is 16.0 Å². The van der Waals surface area contributed by atoms with E-state index in [1.165, 1.54) is 24.8 Å². The van der Waals surface area contributed by atoms with Crippen LogP contribution in [0.25, 0.3) is 11.3 Å². The van der Waals surface area contributed by atoms with Gasteiger partial charge in [0.05, 0.1) is 16.3 Å². The summed E-state index contributed by atoms with van der Waals surface area (Å²) < 4.78 is 2.31. The third kappa shape index (κ3) is 5.74. The molecule has 5 nitrogen and oxygen atoms in total. The molecule has 1 atom stereocenters. The monoisotopic (exact) mass is 451 g/mol. The number of thiazole rings is 1. The molecule has 3 rings (SSSR count). The van der Waals surface area contributed by atoms with Crippen molar-refractivity contribution in [2.45, 2.75) is 65.8 Å². The van der Waals surface area contributed by atoms with Gasteiger partial charge in [0, 0.05) is 24.1 Å². The molecule has 170 valence electrons. The molecule has 0 saturated carbocycles. The molecule has 0 aliphatic carbocycles. The summed E-state index contributed by atoms with van der Waals surface area (Å²) in [6.45, 7) is 9.77. The summed E-state index contributed by atoms with van der Waals surface area (Å²) in [5.74, 6) is 0.964. The lowest BCUT2D eigenvalue weighted by molar-refractivity contribution is -0.384. The zero-order chi connectivity index (χ0) is 23.1. The molecule has 6 heteroatoms. The van der Waals surface area contributed by atoms with E-state index in [2.05, 4.69) is 55.8 Å². The topological polar surface area (TPSA) is 60.4 Å². The highest BCUT2D eigenvalue weighted by atomic mass is 32.1. The van der Waals surface area contributed by atoms with E-state index in [9.17, 15) is 10.1 Å². The van der Waals surface area contributed by atoms with E-state index in [-0.39, 0.29) is 10.6 Å². The van der Waals surface area contributed by atoms with Crippen molar-refractivity contribution in [1.29, 1.82) is 0 Å². The molecule has 1 heterocycles. The zero-order valence-corrected chi connectivity index (χ0v) is 20.3. The van der Waals surface area contributed by atoms with E-state index in [1.807, 2.05) is 18.2 Å². The number of aromatic nitrogens is 1. The summed E-state index contributed by atoms with van der Waals surface area (Å²) in [6, 6.07) is 15.2. The number of hydrogen-bond donors (Lipinski definition) is 0.